The third-order valence-corrected chi connectivity index (χ3v) is 7.64. The summed E-state index contributed by atoms with van der Waals surface area (Å²) in [5.41, 5.74) is -0.226. The molecule has 0 unspecified atom stereocenters. The number of anilines is 1. The van der Waals surface area contributed by atoms with Crippen molar-refractivity contribution in [1.82, 2.24) is 9.21 Å². The molecule has 27 heavy (non-hydrogen) atoms. The van der Waals surface area contributed by atoms with Crippen molar-refractivity contribution < 1.29 is 22.0 Å². The van der Waals surface area contributed by atoms with Gasteiger partial charge >= 0.3 is 0 Å². The number of piperazine rings is 1. The van der Waals surface area contributed by atoms with Crippen LogP contribution in [-0.4, -0.2) is 56.3 Å². The zero-order valence-electron chi connectivity index (χ0n) is 14.0. The van der Waals surface area contributed by atoms with Crippen LogP contribution in [0.25, 0.3) is 0 Å². The van der Waals surface area contributed by atoms with Gasteiger partial charge in [-0.1, -0.05) is 11.6 Å². The maximum Gasteiger partial charge on any atom is 0.252 e. The number of sulfonamides is 1. The van der Waals surface area contributed by atoms with Crippen molar-refractivity contribution >= 4 is 44.6 Å². The predicted octanol–water partition coefficient (Wildman–Crippen LogP) is 2.62. The molecular weight excluding hydrogens is 420 g/mol. The number of hydrogen-bond donors (Lipinski definition) is 1. The molecule has 146 valence electrons. The van der Waals surface area contributed by atoms with Gasteiger partial charge in [0.05, 0.1) is 16.6 Å². The molecule has 3 rings (SSSR count). The highest BCUT2D eigenvalue weighted by Crippen LogP contribution is 2.28. The van der Waals surface area contributed by atoms with E-state index in [1.807, 2.05) is 0 Å². The van der Waals surface area contributed by atoms with E-state index in [4.69, 9.17) is 11.6 Å². The summed E-state index contributed by atoms with van der Waals surface area (Å²) in [7, 11) is -3.60. The quantitative estimate of drug-likeness (QED) is 0.783. The van der Waals surface area contributed by atoms with Crippen LogP contribution >= 0.6 is 22.9 Å². The van der Waals surface area contributed by atoms with Crippen molar-refractivity contribution in [2.45, 2.75) is 4.21 Å². The number of rotatable bonds is 5. The lowest BCUT2D eigenvalue weighted by molar-refractivity contribution is -0.117. The van der Waals surface area contributed by atoms with E-state index in [1.165, 1.54) is 16.4 Å². The Bertz CT molecular complexity index is 944. The third-order valence-electron chi connectivity index (χ3n) is 4.04. The maximum absolute atomic E-state index is 13.6. The van der Waals surface area contributed by atoms with Crippen molar-refractivity contribution in [3.63, 3.8) is 0 Å². The largest absolute Gasteiger partial charge is 0.322 e. The first-order valence-corrected chi connectivity index (χ1v) is 10.6. The first-order valence-electron chi connectivity index (χ1n) is 7.98. The van der Waals surface area contributed by atoms with Gasteiger partial charge in [-0.2, -0.15) is 4.31 Å². The van der Waals surface area contributed by atoms with E-state index in [9.17, 15) is 22.0 Å². The molecule has 1 saturated heterocycles. The summed E-state index contributed by atoms with van der Waals surface area (Å²) in [6.07, 6.45) is 0. The van der Waals surface area contributed by atoms with Crippen LogP contribution in [0.2, 0.25) is 4.34 Å². The number of hydrogen-bond acceptors (Lipinski definition) is 5. The van der Waals surface area contributed by atoms with Gasteiger partial charge in [-0.15, -0.1) is 11.3 Å². The van der Waals surface area contributed by atoms with Crippen molar-refractivity contribution in [2.24, 2.45) is 0 Å². The van der Waals surface area contributed by atoms with E-state index >= 15 is 0 Å². The van der Waals surface area contributed by atoms with Crippen LogP contribution in [0.5, 0.6) is 0 Å². The Kier molecular flexibility index (Phi) is 6.11. The van der Waals surface area contributed by atoms with Gasteiger partial charge in [-0.05, 0) is 24.3 Å². The lowest BCUT2D eigenvalue weighted by atomic mass is 10.3. The van der Waals surface area contributed by atoms with Gasteiger partial charge in [0.2, 0.25) is 5.91 Å². The van der Waals surface area contributed by atoms with Crippen molar-refractivity contribution in [1.29, 1.82) is 0 Å². The van der Waals surface area contributed by atoms with Crippen LogP contribution < -0.4 is 5.32 Å². The standard InChI is InChI=1S/C16H16ClF2N3O3S2/c17-14-3-4-16(26-14)27(24,25)22-7-5-21(6-8-22)10-15(23)20-13-9-11(18)1-2-12(13)19/h1-4,9H,5-8,10H2,(H,20,23). The number of nitrogens with zero attached hydrogens (tertiary/aromatic N) is 2. The molecule has 1 aromatic carbocycles. The van der Waals surface area contributed by atoms with E-state index in [2.05, 4.69) is 5.32 Å². The van der Waals surface area contributed by atoms with Gasteiger partial charge in [0.1, 0.15) is 15.8 Å². The van der Waals surface area contributed by atoms with Crippen LogP contribution in [0.1, 0.15) is 0 Å². The lowest BCUT2D eigenvalue weighted by Gasteiger charge is -2.33. The Morgan fingerprint density at radius 1 is 1.15 bits per heavy atom. The number of nitrogens with one attached hydrogen (secondary N) is 1. The Hall–Kier alpha value is -1.59. The van der Waals surface area contributed by atoms with Crippen LogP contribution in [-0.2, 0) is 14.8 Å². The number of thiophene rings is 1. The van der Waals surface area contributed by atoms with Crippen molar-refractivity contribution in [2.75, 3.05) is 38.0 Å². The highest BCUT2D eigenvalue weighted by molar-refractivity contribution is 7.91. The van der Waals surface area contributed by atoms with Gasteiger partial charge in [0.15, 0.2) is 0 Å². The molecule has 0 aliphatic carbocycles. The maximum atomic E-state index is 13.6. The molecule has 1 amide bonds. The third kappa shape index (κ3) is 4.82. The molecule has 1 aliphatic rings. The number of halogens is 3. The molecule has 6 nitrogen and oxygen atoms in total. The Morgan fingerprint density at radius 3 is 2.48 bits per heavy atom. The molecule has 2 heterocycles. The second-order valence-corrected chi connectivity index (χ2v) is 9.79. The van der Waals surface area contributed by atoms with E-state index in [1.54, 1.807) is 4.90 Å². The van der Waals surface area contributed by atoms with Crippen LogP contribution in [0.15, 0.2) is 34.5 Å². The predicted molar refractivity (Wildman–Crippen MR) is 99.5 cm³/mol. The monoisotopic (exact) mass is 435 g/mol. The molecule has 0 saturated carbocycles. The summed E-state index contributed by atoms with van der Waals surface area (Å²) in [6.45, 7) is 1.09. The fraction of sp³-hybridized carbons (Fsp3) is 0.312. The molecular formula is C16H16ClF2N3O3S2. The van der Waals surface area contributed by atoms with E-state index < -0.39 is 27.6 Å². The summed E-state index contributed by atoms with van der Waals surface area (Å²) in [4.78, 5) is 13.8. The highest BCUT2D eigenvalue weighted by atomic mass is 35.5. The van der Waals surface area contributed by atoms with Gasteiger partial charge in [0, 0.05) is 32.2 Å². The summed E-state index contributed by atoms with van der Waals surface area (Å²) in [6, 6.07) is 5.81. The molecule has 1 aromatic heterocycles. The molecule has 0 radical (unpaired) electrons. The zero-order chi connectivity index (χ0) is 19.6. The van der Waals surface area contributed by atoms with Gasteiger partial charge in [-0.3, -0.25) is 9.69 Å². The molecule has 11 heteroatoms. The topological polar surface area (TPSA) is 69.7 Å². The smallest absolute Gasteiger partial charge is 0.252 e. The van der Waals surface area contributed by atoms with Gasteiger partial charge in [0.25, 0.3) is 10.0 Å². The molecule has 1 fully saturated rings. The lowest BCUT2D eigenvalue weighted by Crippen LogP contribution is -2.50. The average Bonchev–Trinajstić information content (AvgIpc) is 3.06. The van der Waals surface area contributed by atoms with Crippen LogP contribution in [0.3, 0.4) is 0 Å². The SMILES string of the molecule is O=C(CN1CCN(S(=O)(=O)c2ccc(Cl)s2)CC1)Nc1cc(F)ccc1F. The molecule has 2 aromatic rings. The van der Waals surface area contributed by atoms with Crippen LogP contribution in [0, 0.1) is 11.6 Å². The minimum absolute atomic E-state index is 0.0470. The molecule has 0 atom stereocenters. The van der Waals surface area contributed by atoms with E-state index in [0.717, 1.165) is 29.5 Å². The minimum Gasteiger partial charge on any atom is -0.322 e. The molecule has 0 bridgehead atoms. The van der Waals surface area contributed by atoms with Gasteiger partial charge in [-0.25, -0.2) is 17.2 Å². The molecule has 1 N–H and O–H groups in total. The Morgan fingerprint density at radius 2 is 1.85 bits per heavy atom. The molecule has 0 spiro atoms. The van der Waals surface area contributed by atoms with Gasteiger partial charge < -0.3 is 5.32 Å². The van der Waals surface area contributed by atoms with E-state index in [-0.39, 0.29) is 29.5 Å². The van der Waals surface area contributed by atoms with Crippen LogP contribution in [0.4, 0.5) is 14.5 Å². The minimum atomic E-state index is -3.60. The summed E-state index contributed by atoms with van der Waals surface area (Å²) in [5, 5.41) is 2.33. The summed E-state index contributed by atoms with van der Waals surface area (Å²) < 4.78 is 53.7. The summed E-state index contributed by atoms with van der Waals surface area (Å²) in [5.74, 6) is -1.88. The second-order valence-electron chi connectivity index (χ2n) is 5.91. The highest BCUT2D eigenvalue weighted by Gasteiger charge is 2.30. The first kappa shape index (κ1) is 20.2. The fourth-order valence-electron chi connectivity index (χ4n) is 2.68. The Labute approximate surface area is 164 Å². The Balaban J connectivity index is 1.55. The average molecular weight is 436 g/mol. The molecule has 1 aliphatic heterocycles. The fourth-order valence-corrected chi connectivity index (χ4v) is 5.74. The zero-order valence-corrected chi connectivity index (χ0v) is 16.4. The first-order chi connectivity index (χ1) is 12.8. The van der Waals surface area contributed by atoms with Crippen molar-refractivity contribution in [3.8, 4) is 0 Å². The normalized spacial score (nSPS) is 16.4. The number of carbonyl (C=O) groups excluding carboxylic acids is 1. The van der Waals surface area contributed by atoms with Crippen molar-refractivity contribution in [3.05, 3.63) is 46.3 Å². The summed E-state index contributed by atoms with van der Waals surface area (Å²) >= 11 is 6.80. The number of carbonyl (C=O) groups is 1. The number of benzene rings is 1. The second kappa shape index (κ2) is 8.19. The number of amides is 1. The van der Waals surface area contributed by atoms with E-state index in [0.29, 0.717) is 17.4 Å².